The molecule has 2 aromatic rings. The molecule has 1 aromatic heterocycles. The zero-order valence-corrected chi connectivity index (χ0v) is 16.1. The van der Waals surface area contributed by atoms with Crippen LogP contribution in [0.25, 0.3) is 11.1 Å². The highest BCUT2D eigenvalue weighted by Crippen LogP contribution is 2.41. The second kappa shape index (κ2) is 7.18. The molecule has 0 radical (unpaired) electrons. The molecule has 4 nitrogen and oxygen atoms in total. The number of carbonyl (C=O) groups is 1. The lowest BCUT2D eigenvalue weighted by Gasteiger charge is -2.37. The van der Waals surface area contributed by atoms with Gasteiger partial charge in [0.25, 0.3) is 0 Å². The Morgan fingerprint density at radius 3 is 2.80 bits per heavy atom. The van der Waals surface area contributed by atoms with Gasteiger partial charge in [0.2, 0.25) is 5.91 Å². The van der Waals surface area contributed by atoms with Crippen molar-refractivity contribution in [3.63, 3.8) is 0 Å². The number of hydrogen-bond acceptors (Lipinski definition) is 4. The molecule has 5 heteroatoms. The van der Waals surface area contributed by atoms with Gasteiger partial charge < -0.3 is 4.90 Å². The van der Waals surface area contributed by atoms with Gasteiger partial charge in [-0.2, -0.15) is 0 Å². The first-order chi connectivity index (χ1) is 11.9. The number of rotatable bonds is 5. The van der Waals surface area contributed by atoms with E-state index < -0.39 is 0 Å². The summed E-state index contributed by atoms with van der Waals surface area (Å²) in [5, 5.41) is 0. The van der Waals surface area contributed by atoms with Crippen molar-refractivity contribution in [1.82, 2.24) is 9.71 Å². The molecule has 0 aliphatic carbocycles. The molecule has 0 bridgehead atoms. The number of hydrogen-bond donors (Lipinski definition) is 1. The Balaban J connectivity index is 1.95. The highest BCUT2D eigenvalue weighted by Gasteiger charge is 2.35. The van der Waals surface area contributed by atoms with Crippen molar-refractivity contribution < 1.29 is 4.79 Å². The Kier molecular flexibility index (Phi) is 5.16. The first-order valence-corrected chi connectivity index (χ1v) is 9.61. The molecule has 132 valence electrons. The zero-order chi connectivity index (χ0) is 18.0. The van der Waals surface area contributed by atoms with Crippen molar-refractivity contribution in [1.29, 1.82) is 0 Å². The zero-order valence-electron chi connectivity index (χ0n) is 15.3. The van der Waals surface area contributed by atoms with E-state index in [1.807, 2.05) is 19.4 Å². The van der Waals surface area contributed by atoms with E-state index in [1.165, 1.54) is 11.1 Å². The van der Waals surface area contributed by atoms with Gasteiger partial charge >= 0.3 is 0 Å². The number of pyridine rings is 1. The third kappa shape index (κ3) is 3.72. The minimum Gasteiger partial charge on any atom is -0.315 e. The van der Waals surface area contributed by atoms with E-state index in [2.05, 4.69) is 54.7 Å². The van der Waals surface area contributed by atoms with E-state index in [-0.39, 0.29) is 11.3 Å². The van der Waals surface area contributed by atoms with Crippen molar-refractivity contribution >= 4 is 23.5 Å². The van der Waals surface area contributed by atoms with Crippen LogP contribution >= 0.6 is 11.9 Å². The van der Waals surface area contributed by atoms with Gasteiger partial charge in [0.1, 0.15) is 0 Å². The van der Waals surface area contributed by atoms with Gasteiger partial charge in [-0.1, -0.05) is 38.8 Å². The maximum Gasteiger partial charge on any atom is 0.227 e. The molecule has 0 atom stereocenters. The molecule has 0 fully saturated rings. The first-order valence-electron chi connectivity index (χ1n) is 8.62. The van der Waals surface area contributed by atoms with Crippen LogP contribution in [0.4, 0.5) is 5.69 Å². The normalized spacial score (nSPS) is 16.0. The van der Waals surface area contributed by atoms with Gasteiger partial charge in [-0.05, 0) is 34.9 Å². The number of amides is 1. The van der Waals surface area contributed by atoms with Crippen LogP contribution in [0, 0.1) is 0 Å². The van der Waals surface area contributed by atoms with Crippen LogP contribution < -0.4 is 9.62 Å². The molecule has 1 amide bonds. The maximum absolute atomic E-state index is 12.2. The lowest BCUT2D eigenvalue weighted by atomic mass is 9.76. The smallest absolute Gasteiger partial charge is 0.227 e. The third-order valence-electron chi connectivity index (χ3n) is 4.71. The van der Waals surface area contributed by atoms with Gasteiger partial charge in [-0.15, -0.1) is 0 Å². The van der Waals surface area contributed by atoms with Crippen LogP contribution in [-0.4, -0.2) is 23.7 Å². The molecule has 0 unspecified atom stereocenters. The minimum absolute atomic E-state index is 0.153. The van der Waals surface area contributed by atoms with Gasteiger partial charge in [-0.25, -0.2) is 0 Å². The van der Waals surface area contributed by atoms with Crippen LogP contribution in [0.3, 0.4) is 0 Å². The number of aromatic nitrogens is 1. The van der Waals surface area contributed by atoms with E-state index in [4.69, 9.17) is 0 Å². The summed E-state index contributed by atoms with van der Waals surface area (Å²) in [7, 11) is 1.86. The Labute approximate surface area is 154 Å². The lowest BCUT2D eigenvalue weighted by Crippen LogP contribution is -2.39. The number of fused-ring (bicyclic) bond motifs is 1. The molecule has 0 saturated carbocycles. The van der Waals surface area contributed by atoms with Gasteiger partial charge in [0.15, 0.2) is 0 Å². The molecular formula is C20H25N3OS. The summed E-state index contributed by atoms with van der Waals surface area (Å²) >= 11 is 1.71. The number of nitrogens with one attached hydrogen (secondary N) is 1. The molecule has 1 aliphatic rings. The van der Waals surface area contributed by atoms with Crippen LogP contribution in [0.2, 0.25) is 0 Å². The highest BCUT2D eigenvalue weighted by atomic mass is 32.2. The van der Waals surface area contributed by atoms with Gasteiger partial charge in [0.05, 0.1) is 0 Å². The number of carbonyl (C=O) groups excluding carboxylic acids is 1. The second-order valence-electron chi connectivity index (χ2n) is 7.08. The molecule has 0 saturated heterocycles. The average Bonchev–Trinajstić information content (AvgIpc) is 2.60. The van der Waals surface area contributed by atoms with Crippen molar-refractivity contribution in [2.45, 2.75) is 39.2 Å². The quantitative estimate of drug-likeness (QED) is 0.646. The topological polar surface area (TPSA) is 45.2 Å². The molecule has 1 aliphatic heterocycles. The number of benzene rings is 1. The van der Waals surface area contributed by atoms with Crippen molar-refractivity contribution in [2.24, 2.45) is 0 Å². The summed E-state index contributed by atoms with van der Waals surface area (Å²) in [5.74, 6) is 1.22. The summed E-state index contributed by atoms with van der Waals surface area (Å²) in [6.45, 7) is 7.21. The fraction of sp³-hybridized carbons (Fsp3) is 0.400. The first kappa shape index (κ1) is 18.0. The van der Waals surface area contributed by atoms with Crippen LogP contribution in [0.5, 0.6) is 0 Å². The maximum atomic E-state index is 12.2. The summed E-state index contributed by atoms with van der Waals surface area (Å²) in [4.78, 5) is 18.4. The number of anilines is 1. The Hall–Kier alpha value is -1.85. The van der Waals surface area contributed by atoms with Crippen LogP contribution in [0.15, 0.2) is 36.7 Å². The predicted molar refractivity (Wildman–Crippen MR) is 106 cm³/mol. The van der Waals surface area contributed by atoms with Gasteiger partial charge in [-0.3, -0.25) is 14.5 Å². The third-order valence-corrected chi connectivity index (χ3v) is 5.34. The molecule has 1 N–H and O–H groups in total. The summed E-state index contributed by atoms with van der Waals surface area (Å²) < 4.78 is 3.34. The fourth-order valence-corrected chi connectivity index (χ4v) is 3.73. The standard InChI is InChI=1S/C20H25N3OS/c1-5-25-22-12-14-8-16(13-21-11-14)15-6-7-18-17(9-15)20(2,3)10-19(24)23(18)4/h6-9,11,13,22H,5,10,12H2,1-4H3. The highest BCUT2D eigenvalue weighted by molar-refractivity contribution is 7.97. The fourth-order valence-electron chi connectivity index (χ4n) is 3.25. The second-order valence-corrected chi connectivity index (χ2v) is 8.24. The van der Waals surface area contributed by atoms with Crippen molar-refractivity contribution in [2.75, 3.05) is 17.7 Å². The summed E-state index contributed by atoms with van der Waals surface area (Å²) in [6.07, 6.45) is 4.35. The van der Waals surface area contributed by atoms with Crippen molar-refractivity contribution in [3.8, 4) is 11.1 Å². The largest absolute Gasteiger partial charge is 0.315 e. The Morgan fingerprint density at radius 1 is 1.24 bits per heavy atom. The van der Waals surface area contributed by atoms with E-state index in [0.717, 1.165) is 29.1 Å². The van der Waals surface area contributed by atoms with Gasteiger partial charge in [0, 0.05) is 54.8 Å². The molecular weight excluding hydrogens is 330 g/mol. The molecule has 0 spiro atoms. The number of nitrogens with zero attached hydrogens (tertiary/aromatic N) is 2. The van der Waals surface area contributed by atoms with E-state index >= 15 is 0 Å². The SMILES string of the molecule is CCSNCc1cncc(-c2ccc3c(c2)C(C)(C)CC(=O)N3C)c1. The summed E-state index contributed by atoms with van der Waals surface area (Å²) in [6, 6.07) is 8.54. The monoisotopic (exact) mass is 355 g/mol. The van der Waals surface area contributed by atoms with E-state index in [0.29, 0.717) is 6.42 Å². The van der Waals surface area contributed by atoms with Crippen LogP contribution in [-0.2, 0) is 16.8 Å². The molecule has 3 rings (SSSR count). The van der Waals surface area contributed by atoms with Crippen molar-refractivity contribution in [3.05, 3.63) is 47.8 Å². The Morgan fingerprint density at radius 2 is 2.04 bits per heavy atom. The molecule has 25 heavy (non-hydrogen) atoms. The lowest BCUT2D eigenvalue weighted by molar-refractivity contribution is -0.119. The Bertz CT molecular complexity index is 788. The minimum atomic E-state index is -0.153. The predicted octanol–water partition coefficient (Wildman–Crippen LogP) is 4.15. The molecule has 1 aromatic carbocycles. The van der Waals surface area contributed by atoms with Crippen LogP contribution in [0.1, 0.15) is 38.3 Å². The molecule has 2 heterocycles. The van der Waals surface area contributed by atoms with E-state index in [1.54, 1.807) is 16.8 Å². The van der Waals surface area contributed by atoms with E-state index in [9.17, 15) is 4.79 Å². The summed E-state index contributed by atoms with van der Waals surface area (Å²) in [5.41, 5.74) is 5.50. The average molecular weight is 356 g/mol.